The average Bonchev–Trinajstić information content (AvgIpc) is 3.42. The molecule has 2 aromatic heterocycles. The monoisotopic (exact) mass is 530 g/mol. The molecule has 194 valence electrons. The van der Waals surface area contributed by atoms with Gasteiger partial charge in [-0.15, -0.1) is 0 Å². The lowest BCUT2D eigenvalue weighted by atomic mass is 9.87. The first kappa shape index (κ1) is 25.4. The van der Waals surface area contributed by atoms with E-state index in [4.69, 9.17) is 16.3 Å². The lowest BCUT2D eigenvalue weighted by Gasteiger charge is -2.28. The summed E-state index contributed by atoms with van der Waals surface area (Å²) in [7, 11) is 1.29. The van der Waals surface area contributed by atoms with E-state index in [2.05, 4.69) is 10.1 Å². The highest BCUT2D eigenvalue weighted by Crippen LogP contribution is 2.53. The van der Waals surface area contributed by atoms with Crippen molar-refractivity contribution in [2.45, 2.75) is 56.5 Å². The van der Waals surface area contributed by atoms with Crippen LogP contribution in [0, 0.1) is 5.82 Å². The van der Waals surface area contributed by atoms with Crippen LogP contribution in [0.5, 0.6) is 0 Å². The van der Waals surface area contributed by atoms with Crippen LogP contribution in [0.4, 0.5) is 8.78 Å². The van der Waals surface area contributed by atoms with Crippen molar-refractivity contribution in [3.05, 3.63) is 58.8 Å². The van der Waals surface area contributed by atoms with Gasteiger partial charge >= 0.3 is 0 Å². The molecule has 0 spiro atoms. The van der Waals surface area contributed by atoms with E-state index in [9.17, 15) is 23.2 Å². The molecule has 3 atom stereocenters. The number of ether oxygens (including phenoxy) is 1. The van der Waals surface area contributed by atoms with Crippen molar-refractivity contribution in [2.24, 2.45) is 0 Å². The van der Waals surface area contributed by atoms with Gasteiger partial charge in [-0.3, -0.25) is 24.0 Å². The Morgan fingerprint density at radius 2 is 2.00 bits per heavy atom. The quantitative estimate of drug-likeness (QED) is 0.412. The number of benzene rings is 1. The number of nitrogens with zero attached hydrogens (tertiary/aromatic N) is 4. The van der Waals surface area contributed by atoms with Crippen molar-refractivity contribution >= 4 is 40.0 Å². The van der Waals surface area contributed by atoms with Crippen LogP contribution in [-0.4, -0.2) is 69.1 Å². The van der Waals surface area contributed by atoms with Gasteiger partial charge in [0, 0.05) is 37.5 Å². The number of halogens is 3. The third-order valence-corrected chi connectivity index (χ3v) is 7.65. The molecule has 3 aromatic rings. The molecule has 2 fully saturated rings. The van der Waals surface area contributed by atoms with Crippen LogP contribution in [-0.2, 0) is 26.3 Å². The Labute approximate surface area is 216 Å². The first-order chi connectivity index (χ1) is 17.7. The highest BCUT2D eigenvalue weighted by molar-refractivity contribution is 6.30. The third kappa shape index (κ3) is 4.42. The molecule has 1 amide bonds. The number of amides is 1. The van der Waals surface area contributed by atoms with E-state index >= 15 is 0 Å². The van der Waals surface area contributed by atoms with Crippen LogP contribution in [0.2, 0.25) is 5.02 Å². The number of carbonyl (C=O) groups excluding carboxylic acids is 3. The normalized spacial score (nSPS) is 22.4. The summed E-state index contributed by atoms with van der Waals surface area (Å²) in [6.45, 7) is 0.719. The molecule has 11 heteroatoms. The second-order valence-corrected chi connectivity index (χ2v) is 10.1. The maximum absolute atomic E-state index is 15.0. The molecular formula is C26H25ClF2N4O4. The lowest BCUT2D eigenvalue weighted by molar-refractivity contribution is -0.141. The number of rotatable bonds is 8. The Morgan fingerprint density at radius 3 is 2.68 bits per heavy atom. The number of hydrogen-bond acceptors (Lipinski definition) is 6. The topological polar surface area (TPSA) is 94.4 Å². The van der Waals surface area contributed by atoms with Crippen molar-refractivity contribution in [3.8, 4) is 0 Å². The van der Waals surface area contributed by atoms with Gasteiger partial charge in [-0.25, -0.2) is 8.78 Å². The summed E-state index contributed by atoms with van der Waals surface area (Å²) in [5, 5.41) is 4.78. The Morgan fingerprint density at radius 1 is 1.24 bits per heavy atom. The summed E-state index contributed by atoms with van der Waals surface area (Å²) < 4.78 is 36.4. The van der Waals surface area contributed by atoms with E-state index in [0.717, 1.165) is 0 Å². The zero-order valence-corrected chi connectivity index (χ0v) is 21.0. The van der Waals surface area contributed by atoms with Gasteiger partial charge in [-0.05, 0) is 30.5 Å². The molecule has 3 heterocycles. The number of pyridine rings is 1. The SMILES string of the molecule is CO[C@H]1[C@@H](C(=O)CC2(c3cccc(Cl)c3F)CC2)N(C(=O)Cn2nc(C(C)=O)c3ccncc32)C[C@@H]1F. The second kappa shape index (κ2) is 9.57. The standard InChI is InChI=1S/C26H25ClF2N4O4/c1-14(34)23-15-6-9-30-11-19(15)33(31-23)13-21(36)32-12-18(28)25(37-2)24(32)20(35)10-26(7-8-26)16-4-3-5-17(27)22(16)29/h3-6,9,11,18,24-25H,7-8,10,12-13H2,1-2H3/t18-,24+,25+/m0/s1. The molecule has 37 heavy (non-hydrogen) atoms. The van der Waals surface area contributed by atoms with E-state index in [1.807, 2.05) is 0 Å². The van der Waals surface area contributed by atoms with Crippen molar-refractivity contribution in [2.75, 3.05) is 13.7 Å². The summed E-state index contributed by atoms with van der Waals surface area (Å²) in [6.07, 6.45) is 1.35. The Bertz CT molecular complexity index is 1410. The molecule has 1 aliphatic heterocycles. The molecule has 5 rings (SSSR count). The molecule has 1 saturated carbocycles. The molecule has 0 radical (unpaired) electrons. The first-order valence-corrected chi connectivity index (χ1v) is 12.3. The van der Waals surface area contributed by atoms with E-state index in [1.54, 1.807) is 18.2 Å². The van der Waals surface area contributed by atoms with E-state index in [0.29, 0.717) is 29.3 Å². The van der Waals surface area contributed by atoms with E-state index in [1.165, 1.54) is 42.1 Å². The number of likely N-dealkylation sites (tertiary alicyclic amines) is 1. The summed E-state index contributed by atoms with van der Waals surface area (Å²) in [6, 6.07) is 5.12. The highest BCUT2D eigenvalue weighted by atomic mass is 35.5. The van der Waals surface area contributed by atoms with Gasteiger partial charge in [-0.2, -0.15) is 5.10 Å². The van der Waals surface area contributed by atoms with Crippen molar-refractivity contribution < 1.29 is 27.9 Å². The molecule has 1 saturated heterocycles. The summed E-state index contributed by atoms with van der Waals surface area (Å²) in [4.78, 5) is 44.3. The number of ketones is 2. The third-order valence-electron chi connectivity index (χ3n) is 7.36. The Balaban J connectivity index is 1.42. The van der Waals surface area contributed by atoms with Crippen LogP contribution in [0.3, 0.4) is 0 Å². The zero-order valence-electron chi connectivity index (χ0n) is 20.3. The number of fused-ring (bicyclic) bond motifs is 1. The summed E-state index contributed by atoms with van der Waals surface area (Å²) in [5.41, 5.74) is 0.267. The number of carbonyl (C=O) groups is 3. The van der Waals surface area contributed by atoms with E-state index < -0.39 is 41.2 Å². The molecular weight excluding hydrogens is 506 g/mol. The number of hydrogen-bond donors (Lipinski definition) is 0. The predicted octanol–water partition coefficient (Wildman–Crippen LogP) is 3.68. The largest absolute Gasteiger partial charge is 0.376 e. The Hall–Kier alpha value is -3.24. The van der Waals surface area contributed by atoms with Crippen molar-refractivity contribution in [3.63, 3.8) is 0 Å². The van der Waals surface area contributed by atoms with Gasteiger partial charge in [-0.1, -0.05) is 23.7 Å². The fourth-order valence-corrected chi connectivity index (χ4v) is 5.51. The van der Waals surface area contributed by atoms with Gasteiger partial charge in [0.25, 0.3) is 0 Å². The smallest absolute Gasteiger partial charge is 0.245 e. The fraction of sp³-hybridized carbons (Fsp3) is 0.423. The number of aromatic nitrogens is 3. The molecule has 2 aliphatic rings. The highest BCUT2D eigenvalue weighted by Gasteiger charge is 2.53. The van der Waals surface area contributed by atoms with Gasteiger partial charge in [0.05, 0.1) is 23.3 Å². The number of methoxy groups -OCH3 is 1. The number of alkyl halides is 1. The van der Waals surface area contributed by atoms with Gasteiger partial charge in [0.1, 0.15) is 36.4 Å². The average molecular weight is 531 g/mol. The minimum atomic E-state index is -1.58. The fourth-order valence-electron chi connectivity index (χ4n) is 5.33. The van der Waals surface area contributed by atoms with Crippen LogP contribution >= 0.6 is 11.6 Å². The second-order valence-electron chi connectivity index (χ2n) is 9.69. The van der Waals surface area contributed by atoms with Gasteiger partial charge < -0.3 is 9.64 Å². The first-order valence-electron chi connectivity index (χ1n) is 11.9. The minimum Gasteiger partial charge on any atom is -0.376 e. The lowest BCUT2D eigenvalue weighted by Crippen LogP contribution is -2.48. The molecule has 1 aromatic carbocycles. The molecule has 1 aliphatic carbocycles. The maximum atomic E-state index is 15.0. The van der Waals surface area contributed by atoms with E-state index in [-0.39, 0.29) is 36.0 Å². The van der Waals surface area contributed by atoms with Gasteiger partial charge in [0.15, 0.2) is 11.6 Å². The maximum Gasteiger partial charge on any atom is 0.245 e. The predicted molar refractivity (Wildman–Crippen MR) is 131 cm³/mol. The summed E-state index contributed by atoms with van der Waals surface area (Å²) in [5.74, 6) is -1.81. The molecule has 0 unspecified atom stereocenters. The molecule has 0 bridgehead atoms. The molecule has 8 nitrogen and oxygen atoms in total. The summed E-state index contributed by atoms with van der Waals surface area (Å²) >= 11 is 5.96. The molecule has 0 N–H and O–H groups in total. The van der Waals surface area contributed by atoms with Crippen molar-refractivity contribution in [1.82, 2.24) is 19.7 Å². The van der Waals surface area contributed by atoms with Gasteiger partial charge in [0.2, 0.25) is 5.91 Å². The van der Waals surface area contributed by atoms with Crippen LogP contribution in [0.15, 0.2) is 36.7 Å². The van der Waals surface area contributed by atoms with Crippen molar-refractivity contribution in [1.29, 1.82) is 0 Å². The van der Waals surface area contributed by atoms with Crippen LogP contribution in [0.1, 0.15) is 42.2 Å². The zero-order chi connectivity index (χ0) is 26.5. The van der Waals surface area contributed by atoms with Crippen LogP contribution in [0.25, 0.3) is 10.9 Å². The Kier molecular flexibility index (Phi) is 6.57. The van der Waals surface area contributed by atoms with Crippen LogP contribution < -0.4 is 0 Å². The minimum absolute atomic E-state index is 0.0293. The number of Topliss-reactive ketones (excluding diaryl/α,β-unsaturated/α-hetero) is 2.